The van der Waals surface area contributed by atoms with Crippen LogP contribution in [0.2, 0.25) is 0 Å². The average molecular weight is 393 g/mol. The Bertz CT molecular complexity index is 848. The van der Waals surface area contributed by atoms with Crippen molar-refractivity contribution in [2.75, 3.05) is 38.1 Å². The number of rotatable bonds is 8. The molecule has 9 heteroatoms. The summed E-state index contributed by atoms with van der Waals surface area (Å²) in [5, 5.41) is 7.97. The van der Waals surface area contributed by atoms with Crippen molar-refractivity contribution in [2.24, 2.45) is 0 Å². The van der Waals surface area contributed by atoms with Crippen molar-refractivity contribution < 1.29 is 4.79 Å². The number of carbonyl (C=O) groups is 1. The van der Waals surface area contributed by atoms with Crippen LogP contribution in [0.3, 0.4) is 0 Å². The lowest BCUT2D eigenvalue weighted by Gasteiger charge is -2.23. The number of amides is 1. The summed E-state index contributed by atoms with van der Waals surface area (Å²) in [6, 6.07) is 1.97. The monoisotopic (exact) mass is 392 g/mol. The summed E-state index contributed by atoms with van der Waals surface area (Å²) in [4.78, 5) is 33.8. The molecule has 1 aliphatic heterocycles. The molecule has 0 aromatic carbocycles. The number of carbonyl (C=O) groups excluding carboxylic acids is 1. The maximum absolute atomic E-state index is 12.3. The zero-order valence-corrected chi connectivity index (χ0v) is 17.1. The molecule has 1 N–H and O–H groups in total. The number of hydrogen-bond donors (Lipinski definition) is 1. The molecule has 1 fully saturated rings. The fraction of sp³-hybridized carbons (Fsp3) is 0.667. The third-order valence-electron chi connectivity index (χ3n) is 4.94. The van der Waals surface area contributed by atoms with Gasteiger partial charge in [0.2, 0.25) is 16.0 Å². The van der Waals surface area contributed by atoms with Crippen molar-refractivity contribution in [3.05, 3.63) is 22.1 Å². The highest BCUT2D eigenvalue weighted by Gasteiger charge is 2.23. The van der Waals surface area contributed by atoms with E-state index in [1.807, 2.05) is 7.05 Å². The Hall–Kier alpha value is -2.00. The van der Waals surface area contributed by atoms with Crippen molar-refractivity contribution in [1.82, 2.24) is 24.8 Å². The normalized spacial score (nSPS) is 17.5. The van der Waals surface area contributed by atoms with E-state index in [0.717, 1.165) is 38.0 Å². The van der Waals surface area contributed by atoms with Gasteiger partial charge < -0.3 is 10.2 Å². The van der Waals surface area contributed by atoms with Crippen molar-refractivity contribution in [2.45, 2.75) is 45.6 Å². The van der Waals surface area contributed by atoms with Gasteiger partial charge in [-0.05, 0) is 32.4 Å². The van der Waals surface area contributed by atoms with Crippen LogP contribution in [0, 0.1) is 0 Å². The van der Waals surface area contributed by atoms with E-state index in [-0.39, 0.29) is 18.0 Å². The lowest BCUT2D eigenvalue weighted by atomic mass is 10.2. The molecular formula is C18H28N6O2S. The SMILES string of the molecule is CCCc1cc(=O)n2nc(N(C)CC(=O)NC[C@H]3CCCN3CC)sc2n1. The van der Waals surface area contributed by atoms with Crippen LogP contribution >= 0.6 is 11.3 Å². The van der Waals surface area contributed by atoms with Gasteiger partial charge in [0.05, 0.1) is 6.54 Å². The highest BCUT2D eigenvalue weighted by molar-refractivity contribution is 7.20. The number of hydrogen-bond acceptors (Lipinski definition) is 7. The van der Waals surface area contributed by atoms with E-state index in [4.69, 9.17) is 0 Å². The molecule has 0 saturated carbocycles. The first-order valence-electron chi connectivity index (χ1n) is 9.63. The first-order valence-corrected chi connectivity index (χ1v) is 10.4. The van der Waals surface area contributed by atoms with E-state index in [1.165, 1.54) is 28.3 Å². The van der Waals surface area contributed by atoms with E-state index in [2.05, 4.69) is 34.1 Å². The molecule has 1 saturated heterocycles. The van der Waals surface area contributed by atoms with E-state index >= 15 is 0 Å². The molecule has 27 heavy (non-hydrogen) atoms. The van der Waals surface area contributed by atoms with Gasteiger partial charge in [0.25, 0.3) is 5.56 Å². The summed E-state index contributed by atoms with van der Waals surface area (Å²) in [5.74, 6) is -0.0355. The summed E-state index contributed by atoms with van der Waals surface area (Å²) >= 11 is 1.33. The van der Waals surface area contributed by atoms with Crippen molar-refractivity contribution >= 4 is 27.3 Å². The van der Waals surface area contributed by atoms with Gasteiger partial charge in [-0.15, -0.1) is 5.10 Å². The second-order valence-electron chi connectivity index (χ2n) is 7.00. The molecule has 1 aliphatic rings. The van der Waals surface area contributed by atoms with E-state index in [1.54, 1.807) is 4.90 Å². The number of fused-ring (bicyclic) bond motifs is 1. The Labute approximate surface area is 163 Å². The number of nitrogens with one attached hydrogen (secondary N) is 1. The first kappa shape index (κ1) is 19.8. The summed E-state index contributed by atoms with van der Waals surface area (Å²) in [7, 11) is 1.81. The number of likely N-dealkylation sites (tertiary alicyclic amines) is 1. The Balaban J connectivity index is 1.61. The van der Waals surface area contributed by atoms with Crippen LogP contribution in [0.15, 0.2) is 10.9 Å². The van der Waals surface area contributed by atoms with Gasteiger partial charge in [-0.25, -0.2) is 4.98 Å². The molecule has 2 aromatic heterocycles. The molecule has 0 spiro atoms. The van der Waals surface area contributed by atoms with Gasteiger partial charge in [0.1, 0.15) is 0 Å². The standard InChI is InChI=1S/C18H28N6O2S/c1-4-7-13-10-16(26)24-17(20-13)27-18(21-24)22(3)12-15(25)19-11-14-8-6-9-23(14)5-2/h10,14H,4-9,11-12H2,1-3H3,(H,19,25)/t14-/m1/s1. The molecule has 0 bridgehead atoms. The average Bonchev–Trinajstić information content (AvgIpc) is 3.26. The first-order chi connectivity index (χ1) is 13.0. The summed E-state index contributed by atoms with van der Waals surface area (Å²) < 4.78 is 1.31. The van der Waals surface area contributed by atoms with Crippen LogP contribution in [0.1, 0.15) is 38.8 Å². The minimum absolute atomic E-state index is 0.0355. The molecule has 148 valence electrons. The zero-order chi connectivity index (χ0) is 19.4. The smallest absolute Gasteiger partial charge is 0.275 e. The Morgan fingerprint density at radius 3 is 3.00 bits per heavy atom. The lowest BCUT2D eigenvalue weighted by Crippen LogP contribution is -2.43. The molecule has 8 nitrogen and oxygen atoms in total. The summed E-state index contributed by atoms with van der Waals surface area (Å²) in [5.41, 5.74) is 0.611. The van der Waals surface area contributed by atoms with Crippen LogP contribution in [-0.2, 0) is 11.2 Å². The Morgan fingerprint density at radius 2 is 2.26 bits per heavy atom. The van der Waals surface area contributed by atoms with Crippen LogP contribution in [0.5, 0.6) is 0 Å². The predicted octanol–water partition coefficient (Wildman–Crippen LogP) is 1.14. The van der Waals surface area contributed by atoms with Gasteiger partial charge in [0, 0.05) is 31.4 Å². The minimum Gasteiger partial charge on any atom is -0.353 e. The van der Waals surface area contributed by atoms with Gasteiger partial charge >= 0.3 is 0 Å². The topological polar surface area (TPSA) is 82.8 Å². The molecule has 0 aliphatic carbocycles. The van der Waals surface area contributed by atoms with E-state index < -0.39 is 0 Å². The number of nitrogens with zero attached hydrogens (tertiary/aromatic N) is 5. The van der Waals surface area contributed by atoms with Crippen LogP contribution in [0.25, 0.3) is 4.96 Å². The quantitative estimate of drug-likeness (QED) is 0.725. The molecule has 1 amide bonds. The molecule has 3 rings (SSSR count). The summed E-state index contributed by atoms with van der Waals surface area (Å²) in [6.07, 6.45) is 4.04. The number of aromatic nitrogens is 3. The molecule has 2 aromatic rings. The fourth-order valence-corrected chi connectivity index (χ4v) is 4.38. The van der Waals surface area contributed by atoms with Crippen molar-refractivity contribution in [3.63, 3.8) is 0 Å². The second-order valence-corrected chi connectivity index (χ2v) is 7.93. The highest BCUT2D eigenvalue weighted by atomic mass is 32.1. The molecule has 0 unspecified atom stereocenters. The predicted molar refractivity (Wildman–Crippen MR) is 108 cm³/mol. The summed E-state index contributed by atoms with van der Waals surface area (Å²) in [6.45, 7) is 7.23. The third kappa shape index (κ3) is 4.65. The van der Waals surface area contributed by atoms with Crippen LogP contribution in [-0.4, -0.2) is 64.7 Å². The number of likely N-dealkylation sites (N-methyl/N-ethyl adjacent to an activating group) is 2. The lowest BCUT2D eigenvalue weighted by molar-refractivity contribution is -0.119. The molecule has 0 radical (unpaired) electrons. The largest absolute Gasteiger partial charge is 0.353 e. The Morgan fingerprint density at radius 1 is 1.44 bits per heavy atom. The molecular weight excluding hydrogens is 364 g/mol. The maximum atomic E-state index is 12.3. The second kappa shape index (κ2) is 8.79. The van der Waals surface area contributed by atoms with Gasteiger partial charge in [-0.1, -0.05) is 31.6 Å². The maximum Gasteiger partial charge on any atom is 0.275 e. The fourth-order valence-electron chi connectivity index (χ4n) is 3.50. The van der Waals surface area contributed by atoms with Gasteiger partial charge in [-0.3, -0.25) is 14.5 Å². The van der Waals surface area contributed by atoms with Crippen LogP contribution < -0.4 is 15.8 Å². The zero-order valence-electron chi connectivity index (χ0n) is 16.3. The van der Waals surface area contributed by atoms with Crippen molar-refractivity contribution in [1.29, 1.82) is 0 Å². The highest BCUT2D eigenvalue weighted by Crippen LogP contribution is 2.20. The van der Waals surface area contributed by atoms with Crippen molar-refractivity contribution in [3.8, 4) is 0 Å². The molecule has 1 atom stereocenters. The van der Waals surface area contributed by atoms with Gasteiger partial charge in [-0.2, -0.15) is 4.52 Å². The Kier molecular flexibility index (Phi) is 6.43. The number of aryl methyl sites for hydroxylation is 1. The van der Waals surface area contributed by atoms with E-state index in [9.17, 15) is 9.59 Å². The van der Waals surface area contributed by atoms with Crippen LogP contribution in [0.4, 0.5) is 5.13 Å². The van der Waals surface area contributed by atoms with Gasteiger partial charge in [0.15, 0.2) is 0 Å². The molecule has 3 heterocycles. The van der Waals surface area contributed by atoms with E-state index in [0.29, 0.717) is 22.7 Å². The number of anilines is 1. The third-order valence-corrected chi connectivity index (χ3v) is 5.96. The minimum atomic E-state index is -0.176.